The first-order valence-electron chi connectivity index (χ1n) is 8.98. The van der Waals surface area contributed by atoms with Gasteiger partial charge in [0.25, 0.3) is 0 Å². The average Bonchev–Trinajstić information content (AvgIpc) is 3.19. The molecule has 0 fully saturated rings. The number of esters is 1. The fourth-order valence-electron chi connectivity index (χ4n) is 3.52. The van der Waals surface area contributed by atoms with Gasteiger partial charge < -0.3 is 4.74 Å². The van der Waals surface area contributed by atoms with Gasteiger partial charge in [-0.05, 0) is 16.7 Å². The second-order valence-corrected chi connectivity index (χ2v) is 6.37. The van der Waals surface area contributed by atoms with Crippen LogP contribution in [0, 0.1) is 0 Å². The van der Waals surface area contributed by atoms with Crippen molar-refractivity contribution in [3.8, 4) is 6.01 Å². The van der Waals surface area contributed by atoms with E-state index in [1.165, 1.54) is 6.92 Å². The Labute approximate surface area is 163 Å². The van der Waals surface area contributed by atoms with E-state index in [9.17, 15) is 4.79 Å². The third-order valence-corrected chi connectivity index (χ3v) is 4.62. The largest absolute Gasteiger partial charge is 0.390 e. The molecule has 5 nitrogen and oxygen atoms in total. The van der Waals surface area contributed by atoms with E-state index in [0.717, 1.165) is 16.7 Å². The lowest BCUT2D eigenvalue weighted by atomic mass is 9.77. The molecule has 0 saturated heterocycles. The number of rotatable bonds is 5. The van der Waals surface area contributed by atoms with Gasteiger partial charge >= 0.3 is 12.0 Å². The molecule has 28 heavy (non-hydrogen) atoms. The molecule has 138 valence electrons. The van der Waals surface area contributed by atoms with Crippen LogP contribution in [0.1, 0.15) is 23.6 Å². The minimum atomic E-state index is -0.769. The van der Waals surface area contributed by atoms with E-state index < -0.39 is 11.5 Å². The lowest BCUT2D eigenvalue weighted by molar-refractivity contribution is -0.132. The van der Waals surface area contributed by atoms with Gasteiger partial charge in [-0.2, -0.15) is 4.98 Å². The van der Waals surface area contributed by atoms with E-state index in [-0.39, 0.29) is 6.01 Å². The van der Waals surface area contributed by atoms with Crippen LogP contribution in [0.2, 0.25) is 0 Å². The van der Waals surface area contributed by atoms with Crippen LogP contribution in [0.4, 0.5) is 0 Å². The Balaban J connectivity index is 2.04. The number of benzene rings is 3. The highest BCUT2D eigenvalue weighted by Crippen LogP contribution is 2.40. The van der Waals surface area contributed by atoms with Crippen molar-refractivity contribution < 1.29 is 9.53 Å². The van der Waals surface area contributed by atoms with Gasteiger partial charge in [-0.1, -0.05) is 91.0 Å². The molecule has 1 heterocycles. The van der Waals surface area contributed by atoms with Crippen LogP contribution in [-0.4, -0.2) is 20.7 Å². The van der Waals surface area contributed by atoms with Crippen molar-refractivity contribution in [1.82, 2.24) is 14.8 Å². The quantitative estimate of drug-likeness (QED) is 0.393. The first kappa shape index (κ1) is 17.7. The van der Waals surface area contributed by atoms with Crippen LogP contribution >= 0.6 is 0 Å². The number of carbonyl (C=O) groups excluding carboxylic acids is 1. The normalized spacial score (nSPS) is 11.2. The first-order valence-corrected chi connectivity index (χ1v) is 8.98. The standard InChI is InChI=1S/C23H19N3O2/c1-18(27)28-22-24-17-26(25-22)23(19-11-5-2-6-12-19,20-13-7-3-8-14-20)21-15-9-4-10-16-21/h2-17H,1H3. The van der Waals surface area contributed by atoms with Crippen LogP contribution in [0.25, 0.3) is 0 Å². The molecular formula is C23H19N3O2. The molecule has 0 atom stereocenters. The molecule has 4 rings (SSSR count). The molecule has 0 radical (unpaired) electrons. The molecule has 0 saturated carbocycles. The Kier molecular flexibility index (Phi) is 4.72. The summed E-state index contributed by atoms with van der Waals surface area (Å²) in [5.41, 5.74) is 2.29. The second-order valence-electron chi connectivity index (χ2n) is 6.37. The molecule has 0 amide bonds. The molecule has 0 aliphatic heterocycles. The fourth-order valence-corrected chi connectivity index (χ4v) is 3.52. The molecular weight excluding hydrogens is 350 g/mol. The summed E-state index contributed by atoms with van der Waals surface area (Å²) in [5, 5.41) is 4.51. The minimum absolute atomic E-state index is 0.0275. The van der Waals surface area contributed by atoms with Crippen molar-refractivity contribution in [1.29, 1.82) is 0 Å². The van der Waals surface area contributed by atoms with Crippen molar-refractivity contribution in [3.63, 3.8) is 0 Å². The number of aromatic nitrogens is 3. The van der Waals surface area contributed by atoms with E-state index in [1.807, 2.05) is 54.6 Å². The topological polar surface area (TPSA) is 57.0 Å². The third-order valence-electron chi connectivity index (χ3n) is 4.62. The number of carbonyl (C=O) groups is 1. The van der Waals surface area contributed by atoms with Crippen molar-refractivity contribution in [2.45, 2.75) is 12.5 Å². The van der Waals surface area contributed by atoms with Crippen molar-refractivity contribution in [2.24, 2.45) is 0 Å². The van der Waals surface area contributed by atoms with Gasteiger partial charge in [0, 0.05) is 6.92 Å². The smallest absolute Gasteiger partial charge is 0.343 e. The molecule has 0 N–H and O–H groups in total. The summed E-state index contributed by atoms with van der Waals surface area (Å²) >= 11 is 0. The lowest BCUT2D eigenvalue weighted by Gasteiger charge is -2.35. The van der Waals surface area contributed by atoms with Gasteiger partial charge in [0.05, 0.1) is 0 Å². The summed E-state index contributed by atoms with van der Waals surface area (Å²) in [6, 6.07) is 30.3. The van der Waals surface area contributed by atoms with Gasteiger partial charge in [0.2, 0.25) is 0 Å². The Morgan fingerprint density at radius 3 is 1.61 bits per heavy atom. The Bertz CT molecular complexity index is 964. The molecule has 5 heteroatoms. The highest BCUT2D eigenvalue weighted by atomic mass is 16.5. The van der Waals surface area contributed by atoms with Crippen molar-refractivity contribution in [2.75, 3.05) is 0 Å². The second kappa shape index (κ2) is 7.48. The summed E-state index contributed by atoms with van der Waals surface area (Å²) < 4.78 is 6.87. The van der Waals surface area contributed by atoms with Crippen LogP contribution in [0.3, 0.4) is 0 Å². The van der Waals surface area contributed by atoms with E-state index in [1.54, 1.807) is 11.0 Å². The Morgan fingerprint density at radius 1 is 0.786 bits per heavy atom. The zero-order valence-electron chi connectivity index (χ0n) is 15.4. The summed E-state index contributed by atoms with van der Waals surface area (Å²) in [5.74, 6) is -0.456. The SMILES string of the molecule is CC(=O)Oc1ncn(C(c2ccccc2)(c2ccccc2)c2ccccc2)n1. The maximum absolute atomic E-state index is 11.4. The molecule has 0 aliphatic carbocycles. The predicted octanol–water partition coefficient (Wildman–Crippen LogP) is 4.04. The molecule has 0 bridgehead atoms. The van der Waals surface area contributed by atoms with Crippen LogP contribution in [-0.2, 0) is 10.3 Å². The number of hydrogen-bond acceptors (Lipinski definition) is 4. The summed E-state index contributed by atoms with van der Waals surface area (Å²) in [4.78, 5) is 15.6. The summed E-state index contributed by atoms with van der Waals surface area (Å²) in [6.07, 6.45) is 1.60. The van der Waals surface area contributed by atoms with Gasteiger partial charge in [-0.15, -0.1) is 5.10 Å². The first-order chi connectivity index (χ1) is 13.7. The Morgan fingerprint density at radius 2 is 1.21 bits per heavy atom. The van der Waals surface area contributed by atoms with Crippen LogP contribution < -0.4 is 4.74 Å². The maximum atomic E-state index is 11.4. The Hall–Kier alpha value is -3.73. The van der Waals surface area contributed by atoms with Crippen LogP contribution in [0.15, 0.2) is 97.3 Å². The number of hydrogen-bond donors (Lipinski definition) is 0. The monoisotopic (exact) mass is 369 g/mol. The maximum Gasteiger partial charge on any atom is 0.343 e. The highest BCUT2D eigenvalue weighted by molar-refractivity contribution is 5.68. The lowest BCUT2D eigenvalue weighted by Crippen LogP contribution is -2.38. The van der Waals surface area contributed by atoms with Gasteiger partial charge in [0.1, 0.15) is 11.9 Å². The molecule has 0 aliphatic rings. The van der Waals surface area contributed by atoms with Gasteiger partial charge in [0.15, 0.2) is 0 Å². The number of ether oxygens (including phenoxy) is 1. The molecule has 4 aromatic rings. The van der Waals surface area contributed by atoms with Gasteiger partial charge in [-0.3, -0.25) is 4.79 Å². The molecule has 3 aromatic carbocycles. The zero-order chi connectivity index (χ0) is 19.4. The minimum Gasteiger partial charge on any atom is -0.390 e. The summed E-state index contributed by atoms with van der Waals surface area (Å²) in [7, 11) is 0. The third kappa shape index (κ3) is 3.07. The molecule has 1 aromatic heterocycles. The van der Waals surface area contributed by atoms with E-state index in [2.05, 4.69) is 46.5 Å². The average molecular weight is 369 g/mol. The van der Waals surface area contributed by atoms with Crippen LogP contribution in [0.5, 0.6) is 6.01 Å². The number of nitrogens with zero attached hydrogens (tertiary/aromatic N) is 3. The van der Waals surface area contributed by atoms with Crippen molar-refractivity contribution in [3.05, 3.63) is 114 Å². The van der Waals surface area contributed by atoms with E-state index in [0.29, 0.717) is 0 Å². The predicted molar refractivity (Wildman–Crippen MR) is 106 cm³/mol. The van der Waals surface area contributed by atoms with Gasteiger partial charge in [-0.25, -0.2) is 4.68 Å². The summed E-state index contributed by atoms with van der Waals surface area (Å²) in [6.45, 7) is 1.33. The molecule has 0 spiro atoms. The van der Waals surface area contributed by atoms with E-state index >= 15 is 0 Å². The van der Waals surface area contributed by atoms with Crippen molar-refractivity contribution >= 4 is 5.97 Å². The zero-order valence-corrected chi connectivity index (χ0v) is 15.4. The fraction of sp³-hybridized carbons (Fsp3) is 0.0870. The van der Waals surface area contributed by atoms with E-state index in [4.69, 9.17) is 4.74 Å². The molecule has 0 unspecified atom stereocenters. The highest BCUT2D eigenvalue weighted by Gasteiger charge is 2.39.